The summed E-state index contributed by atoms with van der Waals surface area (Å²) in [6, 6.07) is 25.9. The van der Waals surface area contributed by atoms with Gasteiger partial charge in [-0.05, 0) is 60.5 Å². The Balaban J connectivity index is 1.38. The number of anilines is 1. The van der Waals surface area contributed by atoms with Gasteiger partial charge in [0.05, 0.1) is 6.61 Å². The van der Waals surface area contributed by atoms with Gasteiger partial charge in [-0.3, -0.25) is 0 Å². The van der Waals surface area contributed by atoms with Gasteiger partial charge in [0, 0.05) is 12.2 Å². The van der Waals surface area contributed by atoms with E-state index in [1.165, 1.54) is 5.56 Å². The summed E-state index contributed by atoms with van der Waals surface area (Å²) in [6.45, 7) is 4.65. The van der Waals surface area contributed by atoms with E-state index in [9.17, 15) is 0 Å². The van der Waals surface area contributed by atoms with Crippen LogP contribution in [0.25, 0.3) is 0 Å². The molecule has 0 saturated carbocycles. The first-order valence-electron chi connectivity index (χ1n) is 9.70. The molecule has 0 amide bonds. The molecule has 1 N–H and O–H groups in total. The quantitative estimate of drug-likeness (QED) is 0.445. The number of hydrogen-bond donors (Lipinski definition) is 1. The van der Waals surface area contributed by atoms with Crippen molar-refractivity contribution in [1.29, 1.82) is 0 Å². The summed E-state index contributed by atoms with van der Waals surface area (Å²) in [6.07, 6.45) is 1.02. The zero-order valence-electron chi connectivity index (χ0n) is 16.3. The fraction of sp³-hybridized carbons (Fsp3) is 0.250. The molecule has 0 aliphatic heterocycles. The van der Waals surface area contributed by atoms with Gasteiger partial charge < -0.3 is 19.5 Å². The number of rotatable bonds is 11. The number of ether oxygens (including phenoxy) is 3. The van der Waals surface area contributed by atoms with Gasteiger partial charge in [-0.2, -0.15) is 0 Å². The first kappa shape index (κ1) is 19.6. The Kier molecular flexibility index (Phi) is 7.62. The minimum atomic E-state index is 0.508. The summed E-state index contributed by atoms with van der Waals surface area (Å²) in [7, 11) is 0. The van der Waals surface area contributed by atoms with E-state index in [1.54, 1.807) is 0 Å². The lowest BCUT2D eigenvalue weighted by atomic mass is 10.2. The summed E-state index contributed by atoms with van der Waals surface area (Å²) in [5.74, 6) is 2.61. The van der Waals surface area contributed by atoms with Crippen LogP contribution in [0.4, 0.5) is 5.69 Å². The smallest absolute Gasteiger partial charge is 0.122 e. The molecular weight excluding hydrogens is 350 g/mol. The van der Waals surface area contributed by atoms with E-state index in [0.29, 0.717) is 13.2 Å². The summed E-state index contributed by atoms with van der Waals surface area (Å²) >= 11 is 0. The van der Waals surface area contributed by atoms with Crippen molar-refractivity contribution in [2.75, 3.05) is 25.1 Å². The Morgan fingerprint density at radius 3 is 1.75 bits per heavy atom. The minimum absolute atomic E-state index is 0.508. The van der Waals surface area contributed by atoms with Crippen molar-refractivity contribution in [2.45, 2.75) is 19.9 Å². The number of benzene rings is 3. The molecule has 3 aromatic carbocycles. The molecule has 3 rings (SSSR count). The molecule has 0 aromatic heterocycles. The van der Waals surface area contributed by atoms with Crippen LogP contribution >= 0.6 is 0 Å². The Morgan fingerprint density at radius 1 is 0.607 bits per heavy atom. The molecule has 0 saturated heterocycles. The third-order valence-corrected chi connectivity index (χ3v) is 4.11. The average molecular weight is 377 g/mol. The van der Waals surface area contributed by atoms with Gasteiger partial charge in [0.15, 0.2) is 0 Å². The van der Waals surface area contributed by atoms with Gasteiger partial charge in [-0.15, -0.1) is 0 Å². The topological polar surface area (TPSA) is 39.7 Å². The van der Waals surface area contributed by atoms with Crippen LogP contribution in [0.3, 0.4) is 0 Å². The molecule has 28 heavy (non-hydrogen) atoms. The van der Waals surface area contributed by atoms with E-state index in [0.717, 1.165) is 42.5 Å². The third kappa shape index (κ3) is 6.54. The highest BCUT2D eigenvalue weighted by Gasteiger charge is 1.99. The Hall–Kier alpha value is -3.14. The largest absolute Gasteiger partial charge is 0.494 e. The van der Waals surface area contributed by atoms with Crippen LogP contribution in [0, 0.1) is 0 Å². The van der Waals surface area contributed by atoms with Crippen LogP contribution < -0.4 is 19.5 Å². The fourth-order valence-electron chi connectivity index (χ4n) is 2.63. The predicted octanol–water partition coefficient (Wildman–Crippen LogP) is 5.55. The molecule has 0 fully saturated rings. The lowest BCUT2D eigenvalue weighted by Gasteiger charge is -2.10. The number of nitrogens with one attached hydrogen (secondary N) is 1. The second-order valence-electron chi connectivity index (χ2n) is 6.38. The van der Waals surface area contributed by atoms with Crippen LogP contribution in [0.15, 0.2) is 78.9 Å². The maximum Gasteiger partial charge on any atom is 0.122 e. The van der Waals surface area contributed by atoms with E-state index in [-0.39, 0.29) is 0 Å². The van der Waals surface area contributed by atoms with Gasteiger partial charge >= 0.3 is 0 Å². The van der Waals surface area contributed by atoms with E-state index in [2.05, 4.69) is 24.4 Å². The molecule has 4 nitrogen and oxygen atoms in total. The highest BCUT2D eigenvalue weighted by atomic mass is 16.5. The van der Waals surface area contributed by atoms with Crippen LogP contribution in [-0.2, 0) is 6.54 Å². The maximum absolute atomic E-state index is 5.72. The molecule has 0 aliphatic rings. The predicted molar refractivity (Wildman–Crippen MR) is 113 cm³/mol. The third-order valence-electron chi connectivity index (χ3n) is 4.11. The second-order valence-corrected chi connectivity index (χ2v) is 6.38. The first-order valence-corrected chi connectivity index (χ1v) is 9.70. The van der Waals surface area contributed by atoms with Gasteiger partial charge in [-0.1, -0.05) is 37.3 Å². The van der Waals surface area contributed by atoms with Crippen molar-refractivity contribution in [1.82, 2.24) is 0 Å². The lowest BCUT2D eigenvalue weighted by Crippen LogP contribution is -2.08. The van der Waals surface area contributed by atoms with E-state index in [1.807, 2.05) is 66.7 Å². The normalized spacial score (nSPS) is 10.3. The minimum Gasteiger partial charge on any atom is -0.494 e. The molecule has 0 bridgehead atoms. The average Bonchev–Trinajstić information content (AvgIpc) is 2.76. The van der Waals surface area contributed by atoms with Crippen molar-refractivity contribution < 1.29 is 14.2 Å². The summed E-state index contributed by atoms with van der Waals surface area (Å²) < 4.78 is 17.0. The van der Waals surface area contributed by atoms with Crippen molar-refractivity contribution in [2.24, 2.45) is 0 Å². The highest BCUT2D eigenvalue weighted by Crippen LogP contribution is 2.18. The standard InChI is InChI=1S/C24H27NO3/c1-2-16-26-23-12-8-20(9-13-23)19-25-21-10-14-24(15-11-21)28-18-17-27-22-6-4-3-5-7-22/h3-15,25H,2,16-19H2,1H3. The monoisotopic (exact) mass is 377 g/mol. The summed E-state index contributed by atoms with van der Waals surface area (Å²) in [5.41, 5.74) is 2.27. The number of hydrogen-bond acceptors (Lipinski definition) is 4. The molecule has 3 aromatic rings. The van der Waals surface area contributed by atoms with Crippen molar-refractivity contribution in [3.05, 3.63) is 84.4 Å². The highest BCUT2D eigenvalue weighted by molar-refractivity contribution is 5.47. The van der Waals surface area contributed by atoms with Crippen LogP contribution in [-0.4, -0.2) is 19.8 Å². The van der Waals surface area contributed by atoms with Gasteiger partial charge in [0.2, 0.25) is 0 Å². The van der Waals surface area contributed by atoms with Crippen LogP contribution in [0.2, 0.25) is 0 Å². The maximum atomic E-state index is 5.72. The zero-order valence-corrected chi connectivity index (χ0v) is 16.3. The molecule has 0 radical (unpaired) electrons. The van der Waals surface area contributed by atoms with Crippen molar-refractivity contribution >= 4 is 5.69 Å². The molecule has 4 heteroatoms. The molecule has 0 atom stereocenters. The zero-order chi connectivity index (χ0) is 19.4. The van der Waals surface area contributed by atoms with Crippen molar-refractivity contribution in [3.8, 4) is 17.2 Å². The Morgan fingerprint density at radius 2 is 1.14 bits per heavy atom. The van der Waals surface area contributed by atoms with E-state index < -0.39 is 0 Å². The van der Waals surface area contributed by atoms with Gasteiger partial charge in [0.1, 0.15) is 30.5 Å². The molecule has 0 spiro atoms. The molecular formula is C24H27NO3. The second kappa shape index (κ2) is 10.9. The van der Waals surface area contributed by atoms with Crippen LogP contribution in [0.5, 0.6) is 17.2 Å². The molecule has 146 valence electrons. The van der Waals surface area contributed by atoms with E-state index in [4.69, 9.17) is 14.2 Å². The van der Waals surface area contributed by atoms with Gasteiger partial charge in [0.25, 0.3) is 0 Å². The summed E-state index contributed by atoms with van der Waals surface area (Å²) in [4.78, 5) is 0. The number of para-hydroxylation sites is 1. The molecule has 0 heterocycles. The first-order chi connectivity index (χ1) is 13.8. The Bertz CT molecular complexity index is 802. The SMILES string of the molecule is CCCOc1ccc(CNc2ccc(OCCOc3ccccc3)cc2)cc1. The Labute approximate surface area is 167 Å². The lowest BCUT2D eigenvalue weighted by molar-refractivity contribution is 0.217. The molecule has 0 unspecified atom stereocenters. The fourth-order valence-corrected chi connectivity index (χ4v) is 2.63. The van der Waals surface area contributed by atoms with Crippen molar-refractivity contribution in [3.63, 3.8) is 0 Å². The van der Waals surface area contributed by atoms with E-state index >= 15 is 0 Å². The van der Waals surface area contributed by atoms with Gasteiger partial charge in [-0.25, -0.2) is 0 Å². The summed E-state index contributed by atoms with van der Waals surface area (Å²) in [5, 5.41) is 3.42. The molecule has 0 aliphatic carbocycles. The van der Waals surface area contributed by atoms with Crippen LogP contribution in [0.1, 0.15) is 18.9 Å².